The molecule has 0 radical (unpaired) electrons. The summed E-state index contributed by atoms with van der Waals surface area (Å²) in [6.45, 7) is 19.3. The van der Waals surface area contributed by atoms with Crippen LogP contribution < -0.4 is 0 Å². The van der Waals surface area contributed by atoms with Crippen molar-refractivity contribution in [2.24, 2.45) is 0 Å². The Bertz CT molecular complexity index is 373. The minimum atomic E-state index is -0.633. The third-order valence-corrected chi connectivity index (χ3v) is 8.34. The standard InChI is InChI=1S/C22H44O4Si2/c1-7-15-23-21(11-5,24-16-8-2)27-19-13-14-20-28-22(12-6,25-17-9-3)26-18-10-4/h11-14H,5-10,15-20,27-28H2,1-4H3. The molecule has 0 N–H and O–H groups in total. The van der Waals surface area contributed by atoms with Crippen molar-refractivity contribution in [1.29, 1.82) is 0 Å². The molecule has 0 amide bonds. The fraction of sp³-hybridized carbons (Fsp3) is 0.727. The number of allylic oxidation sites excluding steroid dienone is 2. The molecule has 28 heavy (non-hydrogen) atoms. The zero-order valence-corrected chi connectivity index (χ0v) is 21.7. The molecule has 0 fully saturated rings. The molecular weight excluding hydrogens is 384 g/mol. The van der Waals surface area contributed by atoms with Crippen molar-refractivity contribution in [1.82, 2.24) is 0 Å². The van der Waals surface area contributed by atoms with E-state index in [0.29, 0.717) is 26.4 Å². The lowest BCUT2D eigenvalue weighted by Crippen LogP contribution is -2.41. The van der Waals surface area contributed by atoms with Gasteiger partial charge in [0.2, 0.25) is 0 Å². The highest BCUT2D eigenvalue weighted by atomic mass is 28.2. The van der Waals surface area contributed by atoms with Crippen LogP contribution in [-0.2, 0) is 18.9 Å². The summed E-state index contributed by atoms with van der Waals surface area (Å²) >= 11 is 0. The van der Waals surface area contributed by atoms with Crippen molar-refractivity contribution < 1.29 is 18.9 Å². The Balaban J connectivity index is 4.63. The maximum atomic E-state index is 6.04. The van der Waals surface area contributed by atoms with Gasteiger partial charge in [0.1, 0.15) is 19.0 Å². The van der Waals surface area contributed by atoms with Crippen molar-refractivity contribution in [2.45, 2.75) is 76.3 Å². The molecule has 0 spiro atoms. The van der Waals surface area contributed by atoms with Crippen LogP contribution in [0, 0.1) is 0 Å². The number of rotatable bonds is 20. The predicted molar refractivity (Wildman–Crippen MR) is 127 cm³/mol. The van der Waals surface area contributed by atoms with Crippen molar-refractivity contribution in [2.75, 3.05) is 26.4 Å². The van der Waals surface area contributed by atoms with Gasteiger partial charge < -0.3 is 18.9 Å². The molecule has 4 nitrogen and oxygen atoms in total. The first-order valence-corrected chi connectivity index (χ1v) is 14.5. The molecule has 0 aliphatic rings. The summed E-state index contributed by atoms with van der Waals surface area (Å²) in [6, 6.07) is 2.06. The molecule has 0 aromatic heterocycles. The van der Waals surface area contributed by atoms with Gasteiger partial charge in [-0.25, -0.2) is 0 Å². The molecule has 0 aliphatic carbocycles. The van der Waals surface area contributed by atoms with E-state index in [1.165, 1.54) is 0 Å². The molecule has 164 valence electrons. The zero-order chi connectivity index (χ0) is 21.1. The first-order chi connectivity index (χ1) is 13.6. The van der Waals surface area contributed by atoms with Gasteiger partial charge in [-0.05, 0) is 49.9 Å². The molecule has 0 aromatic rings. The zero-order valence-electron chi connectivity index (χ0n) is 18.8. The Morgan fingerprint density at radius 3 is 1.11 bits per heavy atom. The van der Waals surface area contributed by atoms with E-state index in [0.717, 1.165) is 37.8 Å². The predicted octanol–water partition coefficient (Wildman–Crippen LogP) is 4.10. The third kappa shape index (κ3) is 11.5. The lowest BCUT2D eigenvalue weighted by Gasteiger charge is -2.31. The first kappa shape index (κ1) is 27.5. The van der Waals surface area contributed by atoms with Gasteiger partial charge in [-0.15, -0.1) is 0 Å². The van der Waals surface area contributed by atoms with Crippen LogP contribution in [0.4, 0.5) is 0 Å². The van der Waals surface area contributed by atoms with Gasteiger partial charge in [-0.2, -0.15) is 0 Å². The van der Waals surface area contributed by atoms with Gasteiger partial charge in [0.05, 0.1) is 0 Å². The third-order valence-electron chi connectivity index (χ3n) is 4.31. The lowest BCUT2D eigenvalue weighted by atomic mass is 10.5. The molecule has 0 rings (SSSR count). The minimum Gasteiger partial charge on any atom is -0.351 e. The quantitative estimate of drug-likeness (QED) is 0.166. The van der Waals surface area contributed by atoms with Crippen LogP contribution in [0.25, 0.3) is 0 Å². The highest BCUT2D eigenvalue weighted by Crippen LogP contribution is 2.18. The van der Waals surface area contributed by atoms with Crippen LogP contribution in [0.15, 0.2) is 37.5 Å². The fourth-order valence-corrected chi connectivity index (χ4v) is 5.89. The summed E-state index contributed by atoms with van der Waals surface area (Å²) in [4.78, 5) is 0. The molecular formula is C22H44O4Si2. The van der Waals surface area contributed by atoms with Crippen molar-refractivity contribution in [3.05, 3.63) is 37.5 Å². The van der Waals surface area contributed by atoms with E-state index in [2.05, 4.69) is 53.0 Å². The van der Waals surface area contributed by atoms with E-state index < -0.39 is 29.9 Å². The summed E-state index contributed by atoms with van der Waals surface area (Å²) in [6.07, 6.45) is 12.2. The molecule has 0 saturated heterocycles. The van der Waals surface area contributed by atoms with Gasteiger partial charge in [-0.1, -0.05) is 53.0 Å². The molecule has 0 unspecified atom stereocenters. The van der Waals surface area contributed by atoms with Crippen molar-refractivity contribution in [3.63, 3.8) is 0 Å². The van der Waals surface area contributed by atoms with Crippen LogP contribution in [0.1, 0.15) is 53.4 Å². The van der Waals surface area contributed by atoms with Gasteiger partial charge in [-0.3, -0.25) is 0 Å². The monoisotopic (exact) mass is 428 g/mol. The van der Waals surface area contributed by atoms with Crippen molar-refractivity contribution >= 4 is 19.0 Å². The molecule has 0 saturated carbocycles. The smallest absolute Gasteiger partial charge is 0.162 e. The van der Waals surface area contributed by atoms with E-state index in [9.17, 15) is 0 Å². The molecule has 0 bridgehead atoms. The average molecular weight is 429 g/mol. The van der Waals surface area contributed by atoms with Crippen LogP contribution in [-0.4, -0.2) is 56.3 Å². The number of hydrogen-bond donors (Lipinski definition) is 0. The van der Waals surface area contributed by atoms with E-state index >= 15 is 0 Å². The van der Waals surface area contributed by atoms with E-state index in [4.69, 9.17) is 18.9 Å². The van der Waals surface area contributed by atoms with Crippen molar-refractivity contribution in [3.8, 4) is 0 Å². The molecule has 0 heterocycles. The van der Waals surface area contributed by atoms with Crippen LogP contribution in [0.3, 0.4) is 0 Å². The van der Waals surface area contributed by atoms with Gasteiger partial charge in [0.15, 0.2) is 10.8 Å². The maximum Gasteiger partial charge on any atom is 0.162 e. The highest BCUT2D eigenvalue weighted by molar-refractivity contribution is 6.41. The fourth-order valence-electron chi connectivity index (χ4n) is 2.72. The summed E-state index contributed by atoms with van der Waals surface area (Å²) in [7, 11) is -1.27. The van der Waals surface area contributed by atoms with Gasteiger partial charge in [0.25, 0.3) is 0 Å². The molecule has 0 aromatic carbocycles. The van der Waals surface area contributed by atoms with E-state index in [1.54, 1.807) is 0 Å². The van der Waals surface area contributed by atoms with E-state index in [1.807, 2.05) is 12.2 Å². The normalized spacial score (nSPS) is 13.4. The summed E-state index contributed by atoms with van der Waals surface area (Å²) in [5.74, 6) is 0. The van der Waals surface area contributed by atoms with Crippen LogP contribution in [0.5, 0.6) is 0 Å². The second-order valence-corrected chi connectivity index (χ2v) is 11.1. The Morgan fingerprint density at radius 1 is 0.607 bits per heavy atom. The number of ether oxygens (including phenoxy) is 4. The highest BCUT2D eigenvalue weighted by Gasteiger charge is 2.28. The SMILES string of the molecule is C=CC(OCCC)(OCCC)[SiH2]CC=CC[SiH2]C(C=C)(OCCC)OCCC. The summed E-state index contributed by atoms with van der Waals surface area (Å²) < 4.78 is 24.2. The van der Waals surface area contributed by atoms with Gasteiger partial charge >= 0.3 is 0 Å². The maximum absolute atomic E-state index is 6.04. The average Bonchev–Trinajstić information content (AvgIpc) is 2.73. The second-order valence-electron chi connectivity index (χ2n) is 6.97. The Morgan fingerprint density at radius 2 is 0.893 bits per heavy atom. The Hall–Kier alpha value is -0.506. The van der Waals surface area contributed by atoms with Gasteiger partial charge in [0, 0.05) is 26.4 Å². The topological polar surface area (TPSA) is 36.9 Å². The molecule has 0 atom stereocenters. The summed E-state index contributed by atoms with van der Waals surface area (Å²) in [5.41, 5.74) is -1.07. The molecule has 6 heteroatoms. The van der Waals surface area contributed by atoms with Crippen LogP contribution >= 0.6 is 0 Å². The number of hydrogen-bond acceptors (Lipinski definition) is 4. The Labute approximate surface area is 178 Å². The largest absolute Gasteiger partial charge is 0.351 e. The van der Waals surface area contributed by atoms with Crippen LogP contribution in [0.2, 0.25) is 12.1 Å². The Kier molecular flexibility index (Phi) is 17.0. The van der Waals surface area contributed by atoms with E-state index in [-0.39, 0.29) is 0 Å². The lowest BCUT2D eigenvalue weighted by molar-refractivity contribution is -0.148. The first-order valence-electron chi connectivity index (χ1n) is 11.1. The summed E-state index contributed by atoms with van der Waals surface area (Å²) in [5, 5.41) is 0. The minimum absolute atomic E-state index is 0.535. The second kappa shape index (κ2) is 17.4. The molecule has 0 aliphatic heterocycles.